The number of benzene rings is 2. The molecule has 1 heteroatoms. The highest BCUT2D eigenvalue weighted by Crippen LogP contribution is 2.28. The van der Waals surface area contributed by atoms with Crippen LogP contribution < -0.4 is 4.74 Å². The van der Waals surface area contributed by atoms with Crippen molar-refractivity contribution in [2.75, 3.05) is 7.11 Å². The Hall–Kier alpha value is -2.02. The van der Waals surface area contributed by atoms with Crippen molar-refractivity contribution in [3.05, 3.63) is 76.4 Å². The SMILES string of the molecule is CCCc1cc(OC)c(Cc2ccccc2)cc1CC=C(C)C. The van der Waals surface area contributed by atoms with Crippen LogP contribution in [0.25, 0.3) is 0 Å². The van der Waals surface area contributed by atoms with Crippen molar-refractivity contribution in [1.82, 2.24) is 0 Å². The van der Waals surface area contributed by atoms with Crippen LogP contribution >= 0.6 is 0 Å². The fraction of sp³-hybridized carbons (Fsp3) is 0.364. The third kappa shape index (κ3) is 4.99. The van der Waals surface area contributed by atoms with E-state index in [1.807, 2.05) is 0 Å². The second-order valence-corrected chi connectivity index (χ2v) is 6.33. The molecule has 0 aliphatic carbocycles. The Labute approximate surface area is 141 Å². The first-order valence-electron chi connectivity index (χ1n) is 8.50. The highest BCUT2D eigenvalue weighted by molar-refractivity contribution is 5.46. The predicted molar refractivity (Wildman–Crippen MR) is 99.4 cm³/mol. The minimum absolute atomic E-state index is 0.915. The van der Waals surface area contributed by atoms with Crippen molar-refractivity contribution >= 4 is 0 Å². The third-order valence-corrected chi connectivity index (χ3v) is 4.09. The fourth-order valence-electron chi connectivity index (χ4n) is 2.87. The number of allylic oxidation sites excluding steroid dienone is 2. The van der Waals surface area contributed by atoms with Crippen LogP contribution in [0, 0.1) is 0 Å². The first-order chi connectivity index (χ1) is 11.1. The molecule has 0 bridgehead atoms. The molecule has 0 spiro atoms. The molecule has 0 unspecified atom stereocenters. The Morgan fingerprint density at radius 1 is 1.00 bits per heavy atom. The summed E-state index contributed by atoms with van der Waals surface area (Å²) in [6.45, 7) is 6.55. The van der Waals surface area contributed by atoms with Crippen LogP contribution in [-0.2, 0) is 19.3 Å². The number of aryl methyl sites for hydroxylation is 1. The quantitative estimate of drug-likeness (QED) is 0.592. The average Bonchev–Trinajstić information content (AvgIpc) is 2.55. The van der Waals surface area contributed by atoms with Crippen LogP contribution in [0.3, 0.4) is 0 Å². The summed E-state index contributed by atoms with van der Waals surface area (Å²) in [6.07, 6.45) is 6.49. The Bertz CT molecular complexity index is 649. The van der Waals surface area contributed by atoms with Gasteiger partial charge in [0.05, 0.1) is 7.11 Å². The molecular weight excluding hydrogens is 280 g/mol. The predicted octanol–water partition coefficient (Wildman–Crippen LogP) is 5.75. The van der Waals surface area contributed by atoms with E-state index in [4.69, 9.17) is 4.74 Å². The van der Waals surface area contributed by atoms with Gasteiger partial charge >= 0.3 is 0 Å². The lowest BCUT2D eigenvalue weighted by Gasteiger charge is -2.15. The molecule has 0 aliphatic heterocycles. The second-order valence-electron chi connectivity index (χ2n) is 6.33. The Morgan fingerprint density at radius 2 is 1.74 bits per heavy atom. The fourth-order valence-corrected chi connectivity index (χ4v) is 2.87. The van der Waals surface area contributed by atoms with Crippen molar-refractivity contribution in [3.63, 3.8) is 0 Å². The van der Waals surface area contributed by atoms with Gasteiger partial charge in [0.15, 0.2) is 0 Å². The van der Waals surface area contributed by atoms with Gasteiger partial charge in [-0.2, -0.15) is 0 Å². The molecular formula is C22H28O. The van der Waals surface area contributed by atoms with E-state index in [2.05, 4.69) is 69.3 Å². The van der Waals surface area contributed by atoms with E-state index >= 15 is 0 Å². The van der Waals surface area contributed by atoms with Gasteiger partial charge in [-0.3, -0.25) is 0 Å². The number of ether oxygens (including phenoxy) is 1. The number of methoxy groups -OCH3 is 1. The van der Waals surface area contributed by atoms with Gasteiger partial charge in [0.25, 0.3) is 0 Å². The maximum Gasteiger partial charge on any atom is 0.122 e. The van der Waals surface area contributed by atoms with E-state index in [-0.39, 0.29) is 0 Å². The highest BCUT2D eigenvalue weighted by Gasteiger charge is 2.10. The molecule has 0 aliphatic rings. The van der Waals surface area contributed by atoms with Crippen LogP contribution in [0.15, 0.2) is 54.1 Å². The van der Waals surface area contributed by atoms with Gasteiger partial charge in [-0.25, -0.2) is 0 Å². The van der Waals surface area contributed by atoms with Crippen molar-refractivity contribution in [1.29, 1.82) is 0 Å². The maximum absolute atomic E-state index is 5.67. The van der Waals surface area contributed by atoms with Crippen LogP contribution in [0.4, 0.5) is 0 Å². The summed E-state index contributed by atoms with van der Waals surface area (Å²) >= 11 is 0. The molecule has 0 aromatic heterocycles. The molecule has 0 saturated heterocycles. The van der Waals surface area contributed by atoms with Crippen LogP contribution in [0.1, 0.15) is 49.4 Å². The summed E-state index contributed by atoms with van der Waals surface area (Å²) in [5, 5.41) is 0. The van der Waals surface area contributed by atoms with Crippen LogP contribution in [-0.4, -0.2) is 7.11 Å². The summed E-state index contributed by atoms with van der Waals surface area (Å²) in [5.74, 6) is 1.01. The lowest BCUT2D eigenvalue weighted by molar-refractivity contribution is 0.409. The van der Waals surface area contributed by atoms with Gasteiger partial charge in [0.2, 0.25) is 0 Å². The van der Waals surface area contributed by atoms with E-state index in [1.54, 1.807) is 7.11 Å². The molecule has 0 saturated carbocycles. The zero-order valence-corrected chi connectivity index (χ0v) is 14.9. The molecule has 0 atom stereocenters. The smallest absolute Gasteiger partial charge is 0.122 e. The Kier molecular flexibility index (Phi) is 6.46. The van der Waals surface area contributed by atoms with Gasteiger partial charge < -0.3 is 4.74 Å². The molecule has 0 fully saturated rings. The summed E-state index contributed by atoms with van der Waals surface area (Å²) in [4.78, 5) is 0. The number of hydrogen-bond donors (Lipinski definition) is 0. The van der Waals surface area contributed by atoms with Gasteiger partial charge in [-0.05, 0) is 55.0 Å². The normalized spacial score (nSPS) is 10.4. The van der Waals surface area contributed by atoms with E-state index in [1.165, 1.54) is 27.8 Å². The molecule has 1 nitrogen and oxygen atoms in total. The van der Waals surface area contributed by atoms with E-state index in [0.717, 1.165) is 31.4 Å². The van der Waals surface area contributed by atoms with Crippen molar-refractivity contribution in [3.8, 4) is 5.75 Å². The number of hydrogen-bond acceptors (Lipinski definition) is 1. The largest absolute Gasteiger partial charge is 0.496 e. The lowest BCUT2D eigenvalue weighted by atomic mass is 9.94. The van der Waals surface area contributed by atoms with Gasteiger partial charge in [-0.1, -0.05) is 61.4 Å². The van der Waals surface area contributed by atoms with Crippen molar-refractivity contribution in [2.45, 2.75) is 46.5 Å². The Morgan fingerprint density at radius 3 is 2.35 bits per heavy atom. The molecule has 2 aromatic carbocycles. The zero-order chi connectivity index (χ0) is 16.7. The molecule has 0 heterocycles. The highest BCUT2D eigenvalue weighted by atomic mass is 16.5. The average molecular weight is 308 g/mol. The zero-order valence-electron chi connectivity index (χ0n) is 14.9. The topological polar surface area (TPSA) is 9.23 Å². The van der Waals surface area contributed by atoms with Crippen molar-refractivity contribution in [2.24, 2.45) is 0 Å². The minimum atomic E-state index is 0.915. The van der Waals surface area contributed by atoms with Gasteiger partial charge in [0.1, 0.15) is 5.75 Å². The van der Waals surface area contributed by atoms with Crippen LogP contribution in [0.5, 0.6) is 5.75 Å². The molecule has 0 amide bonds. The van der Waals surface area contributed by atoms with Crippen molar-refractivity contribution < 1.29 is 4.74 Å². The summed E-state index contributed by atoms with van der Waals surface area (Å²) in [5.41, 5.74) is 6.81. The minimum Gasteiger partial charge on any atom is -0.496 e. The first-order valence-corrected chi connectivity index (χ1v) is 8.50. The third-order valence-electron chi connectivity index (χ3n) is 4.09. The molecule has 2 aromatic rings. The summed E-state index contributed by atoms with van der Waals surface area (Å²) in [6, 6.07) is 15.2. The molecule has 2 rings (SSSR count). The van der Waals surface area contributed by atoms with E-state index < -0.39 is 0 Å². The standard InChI is InChI=1S/C22H28O/c1-5-9-19-16-22(23-4)21(14-18-10-7-6-8-11-18)15-20(19)13-12-17(2)3/h6-8,10-12,15-16H,5,9,13-14H2,1-4H3. The monoisotopic (exact) mass is 308 g/mol. The van der Waals surface area contributed by atoms with Gasteiger partial charge in [-0.15, -0.1) is 0 Å². The lowest BCUT2D eigenvalue weighted by Crippen LogP contribution is -2.01. The van der Waals surface area contributed by atoms with Crippen LogP contribution in [0.2, 0.25) is 0 Å². The summed E-state index contributed by atoms with van der Waals surface area (Å²) < 4.78 is 5.67. The second kappa shape index (κ2) is 8.57. The first kappa shape index (κ1) is 17.3. The number of rotatable bonds is 7. The Balaban J connectivity index is 2.39. The maximum atomic E-state index is 5.67. The molecule has 23 heavy (non-hydrogen) atoms. The van der Waals surface area contributed by atoms with E-state index in [9.17, 15) is 0 Å². The molecule has 0 radical (unpaired) electrons. The van der Waals surface area contributed by atoms with E-state index in [0.29, 0.717) is 0 Å². The van der Waals surface area contributed by atoms with Gasteiger partial charge in [0, 0.05) is 6.42 Å². The molecule has 0 N–H and O–H groups in total. The molecule has 122 valence electrons. The summed E-state index contributed by atoms with van der Waals surface area (Å²) in [7, 11) is 1.77.